The normalized spacial score (nSPS) is 13.3. The topological polar surface area (TPSA) is 96.7 Å². The zero-order valence-corrected chi connectivity index (χ0v) is 14.0. The maximum absolute atomic E-state index is 12.4. The predicted octanol–water partition coefficient (Wildman–Crippen LogP) is 0.950. The molecule has 1 N–H and O–H groups in total. The van der Waals surface area contributed by atoms with Crippen LogP contribution in [0.2, 0.25) is 0 Å². The van der Waals surface area contributed by atoms with Crippen LogP contribution in [-0.4, -0.2) is 43.8 Å². The van der Waals surface area contributed by atoms with E-state index >= 15 is 0 Å². The molecule has 2 aromatic heterocycles. The van der Waals surface area contributed by atoms with Crippen LogP contribution in [0, 0.1) is 6.92 Å². The van der Waals surface area contributed by atoms with Crippen molar-refractivity contribution in [1.29, 1.82) is 0 Å². The van der Waals surface area contributed by atoms with Gasteiger partial charge in [-0.25, -0.2) is 0 Å². The molecule has 1 aliphatic rings. The molecule has 4 rings (SSSR count). The molecule has 0 unspecified atom stereocenters. The number of aromatic nitrogens is 3. The highest BCUT2D eigenvalue weighted by atomic mass is 16.2. The van der Waals surface area contributed by atoms with E-state index in [1.807, 2.05) is 19.1 Å². The van der Waals surface area contributed by atoms with Gasteiger partial charge in [-0.3, -0.25) is 23.7 Å². The summed E-state index contributed by atoms with van der Waals surface area (Å²) in [6.45, 7) is 1.66. The van der Waals surface area contributed by atoms with E-state index in [1.165, 1.54) is 0 Å². The predicted molar refractivity (Wildman–Crippen MR) is 91.4 cm³/mol. The first kappa shape index (κ1) is 15.9. The molecule has 0 fully saturated rings. The van der Waals surface area contributed by atoms with Crippen molar-refractivity contribution >= 4 is 23.4 Å². The summed E-state index contributed by atoms with van der Waals surface area (Å²) in [7, 11) is 0. The zero-order chi connectivity index (χ0) is 18.3. The average Bonchev–Trinajstić information content (AvgIpc) is 3.15. The minimum Gasteiger partial charge on any atom is -0.347 e. The summed E-state index contributed by atoms with van der Waals surface area (Å²) in [6.07, 6.45) is 1.79. The molecule has 1 aromatic carbocycles. The Labute approximate surface area is 148 Å². The molecule has 3 aromatic rings. The summed E-state index contributed by atoms with van der Waals surface area (Å²) in [5, 5.41) is 10.7. The van der Waals surface area contributed by atoms with Crippen LogP contribution in [0.15, 0.2) is 42.6 Å². The number of nitrogens with zero attached hydrogens (tertiary/aromatic N) is 4. The summed E-state index contributed by atoms with van der Waals surface area (Å²) in [4.78, 5) is 37.9. The van der Waals surface area contributed by atoms with Gasteiger partial charge in [-0.05, 0) is 31.2 Å². The molecule has 8 heteroatoms. The van der Waals surface area contributed by atoms with Crippen LogP contribution in [0.25, 0.3) is 5.65 Å². The maximum atomic E-state index is 12.4. The minimum absolute atomic E-state index is 0.145. The second-order valence-electron chi connectivity index (χ2n) is 6.07. The lowest BCUT2D eigenvalue weighted by Crippen LogP contribution is -2.40. The Morgan fingerprint density at radius 3 is 2.73 bits per heavy atom. The highest BCUT2D eigenvalue weighted by Gasteiger charge is 2.36. The molecule has 0 saturated carbocycles. The highest BCUT2D eigenvalue weighted by Crippen LogP contribution is 2.23. The molecule has 26 heavy (non-hydrogen) atoms. The highest BCUT2D eigenvalue weighted by molar-refractivity contribution is 6.22. The lowest BCUT2D eigenvalue weighted by Gasteiger charge is -2.13. The van der Waals surface area contributed by atoms with E-state index in [1.54, 1.807) is 34.9 Å². The third-order valence-electron chi connectivity index (χ3n) is 4.26. The van der Waals surface area contributed by atoms with Crippen molar-refractivity contribution in [3.8, 4) is 0 Å². The Hall–Kier alpha value is -3.55. The summed E-state index contributed by atoms with van der Waals surface area (Å²) in [6, 6.07) is 10.5. The molecule has 3 amide bonds. The second-order valence-corrected chi connectivity index (χ2v) is 6.07. The van der Waals surface area contributed by atoms with Crippen LogP contribution in [0.5, 0.6) is 0 Å². The summed E-state index contributed by atoms with van der Waals surface area (Å²) >= 11 is 0. The minimum atomic E-state index is -0.451. The van der Waals surface area contributed by atoms with Gasteiger partial charge in [0.15, 0.2) is 11.5 Å². The number of hydrogen-bond donors (Lipinski definition) is 1. The van der Waals surface area contributed by atoms with Gasteiger partial charge in [0.1, 0.15) is 6.54 Å². The van der Waals surface area contributed by atoms with Crippen LogP contribution < -0.4 is 5.32 Å². The van der Waals surface area contributed by atoms with E-state index in [2.05, 4.69) is 15.5 Å². The third kappa shape index (κ3) is 2.61. The number of hydrogen-bond acceptors (Lipinski definition) is 5. The van der Waals surface area contributed by atoms with Crippen molar-refractivity contribution in [3.05, 3.63) is 65.1 Å². The first-order chi connectivity index (χ1) is 12.5. The van der Waals surface area contributed by atoms with Crippen molar-refractivity contribution in [1.82, 2.24) is 24.8 Å². The van der Waals surface area contributed by atoms with Crippen LogP contribution in [0.3, 0.4) is 0 Å². The Kier molecular flexibility index (Phi) is 3.72. The van der Waals surface area contributed by atoms with Crippen LogP contribution in [0.1, 0.15) is 32.1 Å². The Morgan fingerprint density at radius 1 is 1.08 bits per heavy atom. The van der Waals surface area contributed by atoms with Gasteiger partial charge in [0.25, 0.3) is 11.8 Å². The van der Waals surface area contributed by atoms with Gasteiger partial charge in [0.05, 0.1) is 17.7 Å². The molecule has 0 saturated heterocycles. The molecule has 0 bridgehead atoms. The lowest BCUT2D eigenvalue weighted by atomic mass is 10.1. The van der Waals surface area contributed by atoms with Crippen molar-refractivity contribution < 1.29 is 14.4 Å². The first-order valence-corrected chi connectivity index (χ1v) is 8.07. The number of nitrogens with one attached hydrogen (secondary N) is 1. The molecular weight excluding hydrogens is 334 g/mol. The summed E-state index contributed by atoms with van der Waals surface area (Å²) in [5.74, 6) is -0.777. The smallest absolute Gasteiger partial charge is 0.262 e. The SMILES string of the molecule is Cc1ccc2c(c1)C(=O)N(CC(=O)NCc1nnc3ccccn13)C2=O. The van der Waals surface area contributed by atoms with Crippen LogP contribution >= 0.6 is 0 Å². The molecule has 0 spiro atoms. The van der Waals surface area contributed by atoms with Gasteiger partial charge in [-0.2, -0.15) is 0 Å². The molecule has 0 aliphatic carbocycles. The fourth-order valence-corrected chi connectivity index (χ4v) is 2.94. The fourth-order valence-electron chi connectivity index (χ4n) is 2.94. The quantitative estimate of drug-likeness (QED) is 0.708. The van der Waals surface area contributed by atoms with Crippen molar-refractivity contribution in [2.45, 2.75) is 13.5 Å². The average molecular weight is 349 g/mol. The van der Waals surface area contributed by atoms with E-state index in [0.717, 1.165) is 10.5 Å². The number of imide groups is 1. The van der Waals surface area contributed by atoms with E-state index in [0.29, 0.717) is 22.6 Å². The number of rotatable bonds is 4. The largest absolute Gasteiger partial charge is 0.347 e. The van der Waals surface area contributed by atoms with Gasteiger partial charge in [-0.15, -0.1) is 10.2 Å². The number of amides is 3. The van der Waals surface area contributed by atoms with E-state index in [9.17, 15) is 14.4 Å². The molecule has 8 nitrogen and oxygen atoms in total. The molecule has 130 valence electrons. The van der Waals surface area contributed by atoms with Crippen molar-refractivity contribution in [2.24, 2.45) is 0 Å². The van der Waals surface area contributed by atoms with Crippen molar-refractivity contribution in [3.63, 3.8) is 0 Å². The first-order valence-electron chi connectivity index (χ1n) is 8.07. The standard InChI is InChI=1S/C18H15N5O3/c1-11-5-6-12-13(8-11)18(26)23(17(12)25)10-16(24)19-9-15-21-20-14-4-2-3-7-22(14)15/h2-8H,9-10H2,1H3,(H,19,24). The zero-order valence-electron chi connectivity index (χ0n) is 14.0. The van der Waals surface area contributed by atoms with E-state index in [-0.39, 0.29) is 13.1 Å². The molecule has 3 heterocycles. The number of fused-ring (bicyclic) bond motifs is 2. The Morgan fingerprint density at radius 2 is 1.88 bits per heavy atom. The third-order valence-corrected chi connectivity index (χ3v) is 4.26. The lowest BCUT2D eigenvalue weighted by molar-refractivity contribution is -0.121. The number of aryl methyl sites for hydroxylation is 1. The number of pyridine rings is 1. The summed E-state index contributed by atoms with van der Waals surface area (Å²) < 4.78 is 1.76. The number of benzene rings is 1. The van der Waals surface area contributed by atoms with Crippen molar-refractivity contribution in [2.75, 3.05) is 6.54 Å². The summed E-state index contributed by atoms with van der Waals surface area (Å²) in [5.41, 5.74) is 2.23. The molecule has 0 radical (unpaired) electrons. The fraction of sp³-hybridized carbons (Fsp3) is 0.167. The van der Waals surface area contributed by atoms with Gasteiger partial charge in [0.2, 0.25) is 5.91 Å². The Bertz CT molecular complexity index is 1060. The molecule has 0 atom stereocenters. The Balaban J connectivity index is 1.44. The van der Waals surface area contributed by atoms with Gasteiger partial charge in [0, 0.05) is 6.20 Å². The van der Waals surface area contributed by atoms with E-state index < -0.39 is 17.7 Å². The second kappa shape index (κ2) is 6.07. The van der Waals surface area contributed by atoms with E-state index in [4.69, 9.17) is 0 Å². The van der Waals surface area contributed by atoms with Crippen LogP contribution in [0.4, 0.5) is 0 Å². The molecule has 1 aliphatic heterocycles. The maximum Gasteiger partial charge on any atom is 0.262 e. The monoisotopic (exact) mass is 349 g/mol. The molecular formula is C18H15N5O3. The van der Waals surface area contributed by atoms with Gasteiger partial charge in [-0.1, -0.05) is 17.7 Å². The van der Waals surface area contributed by atoms with Gasteiger partial charge < -0.3 is 5.32 Å². The number of carbonyl (C=O) groups is 3. The van der Waals surface area contributed by atoms with Gasteiger partial charge >= 0.3 is 0 Å². The van der Waals surface area contributed by atoms with Crippen LogP contribution in [-0.2, 0) is 11.3 Å². The number of carbonyl (C=O) groups excluding carboxylic acids is 3.